The highest BCUT2D eigenvalue weighted by Crippen LogP contribution is 2.55. The Balaban J connectivity index is 1.17. The summed E-state index contributed by atoms with van der Waals surface area (Å²) in [6, 6.07) is 50.2. The summed E-state index contributed by atoms with van der Waals surface area (Å²) in [6.07, 6.45) is 15.0. The predicted octanol–water partition coefficient (Wildman–Crippen LogP) is 11.5. The van der Waals surface area contributed by atoms with Gasteiger partial charge in [0.15, 0.2) is 11.6 Å². The monoisotopic (exact) mass is 708 g/mol. The van der Waals surface area contributed by atoms with Gasteiger partial charge in [0.25, 0.3) is 0 Å². The molecule has 2 aromatic heterocycles. The third-order valence-electron chi connectivity index (χ3n) is 10.6. The Kier molecular flexibility index (Phi) is 8.33. The number of benzene rings is 5. The predicted molar refractivity (Wildman–Crippen MR) is 221 cm³/mol. The molecular weight excluding hydrogens is 673 g/mol. The molecule has 0 amide bonds. The average molecular weight is 709 g/mol. The summed E-state index contributed by atoms with van der Waals surface area (Å²) in [5, 5.41) is 0. The van der Waals surface area contributed by atoms with E-state index in [9.17, 15) is 0 Å². The molecule has 3 heterocycles. The summed E-state index contributed by atoms with van der Waals surface area (Å²) in [5.74, 6) is 2.37. The van der Waals surface area contributed by atoms with Crippen molar-refractivity contribution in [3.8, 4) is 45.2 Å². The molecule has 2 aliphatic carbocycles. The maximum atomic E-state index is 5.35. The summed E-state index contributed by atoms with van der Waals surface area (Å²) in [5.41, 5.74) is 11.6. The van der Waals surface area contributed by atoms with Crippen LogP contribution in [-0.2, 0) is 0 Å². The molecule has 0 fully saturated rings. The van der Waals surface area contributed by atoms with Gasteiger partial charge in [0, 0.05) is 34.2 Å². The molecule has 10 rings (SSSR count). The molecule has 0 bridgehead atoms. The zero-order valence-electron chi connectivity index (χ0n) is 30.1. The van der Waals surface area contributed by atoms with E-state index in [2.05, 4.69) is 144 Å². The lowest BCUT2D eigenvalue weighted by Gasteiger charge is -2.28. The summed E-state index contributed by atoms with van der Waals surface area (Å²) in [7, 11) is 0. The van der Waals surface area contributed by atoms with Gasteiger partial charge < -0.3 is 0 Å². The van der Waals surface area contributed by atoms with E-state index < -0.39 is 0 Å². The Hall–Kier alpha value is -7.05. The third kappa shape index (κ3) is 6.17. The Morgan fingerprint density at radius 3 is 1.76 bits per heavy atom. The van der Waals surface area contributed by atoms with Gasteiger partial charge in [-0.05, 0) is 59.4 Å². The number of hydrogen-bond donors (Lipinski definition) is 0. The molecule has 0 spiro atoms. The number of nitrogens with zero attached hydrogens (tertiary/aromatic N) is 6. The van der Waals surface area contributed by atoms with Gasteiger partial charge >= 0.3 is 0 Å². The fourth-order valence-electron chi connectivity index (χ4n) is 7.90. The molecule has 0 radical (unpaired) electrons. The standard InChI is InChI=1S/C49H36N6/c1-6-17-33(18-7-1)38-29-30-43-40(31-38)45-39(48-53-46(36-23-12-4-13-24-36)52-47(54-48)37-25-14-5-15-26-37)27-16-28-44(45)55(43)49-50-41(34-19-8-2-9-20-34)32-42(51-49)35-21-10-3-11-22-35/h1-10,12-21,23-32,39,45H,11,22H2. The molecule has 7 aromatic rings. The molecular formula is C49H36N6. The maximum absolute atomic E-state index is 5.35. The number of fused-ring (bicyclic) bond motifs is 3. The van der Waals surface area contributed by atoms with Crippen molar-refractivity contribution in [3.63, 3.8) is 0 Å². The molecule has 6 nitrogen and oxygen atoms in total. The highest BCUT2D eigenvalue weighted by atomic mass is 15.3. The first-order valence-corrected chi connectivity index (χ1v) is 18.8. The molecule has 1 aliphatic heterocycles. The van der Waals surface area contributed by atoms with E-state index in [0.717, 1.165) is 69.3 Å². The number of hydrogen-bond acceptors (Lipinski definition) is 6. The lowest BCUT2D eigenvalue weighted by Crippen LogP contribution is -2.22. The van der Waals surface area contributed by atoms with Crippen molar-refractivity contribution in [2.75, 3.05) is 4.90 Å². The minimum atomic E-state index is -0.189. The van der Waals surface area contributed by atoms with Gasteiger partial charge in [-0.3, -0.25) is 4.90 Å². The topological polar surface area (TPSA) is 67.7 Å². The van der Waals surface area contributed by atoms with E-state index >= 15 is 0 Å². The molecule has 2 unspecified atom stereocenters. The van der Waals surface area contributed by atoms with Crippen LogP contribution in [0.25, 0.3) is 50.7 Å². The zero-order valence-corrected chi connectivity index (χ0v) is 30.1. The van der Waals surface area contributed by atoms with Crippen molar-refractivity contribution in [2.24, 2.45) is 0 Å². The minimum Gasteiger partial charge on any atom is -0.282 e. The van der Waals surface area contributed by atoms with E-state index in [1.165, 1.54) is 11.1 Å². The highest BCUT2D eigenvalue weighted by molar-refractivity contribution is 5.82. The van der Waals surface area contributed by atoms with Crippen molar-refractivity contribution in [1.29, 1.82) is 0 Å². The Morgan fingerprint density at radius 2 is 1.13 bits per heavy atom. The largest absolute Gasteiger partial charge is 0.282 e. The molecule has 5 aromatic carbocycles. The second kappa shape index (κ2) is 14.1. The van der Waals surface area contributed by atoms with Crippen molar-refractivity contribution < 1.29 is 0 Å². The first kappa shape index (κ1) is 32.6. The van der Waals surface area contributed by atoms with Crippen molar-refractivity contribution in [1.82, 2.24) is 24.9 Å². The van der Waals surface area contributed by atoms with Crippen LogP contribution in [0.5, 0.6) is 0 Å². The van der Waals surface area contributed by atoms with Crippen LogP contribution in [0, 0.1) is 0 Å². The van der Waals surface area contributed by atoms with Gasteiger partial charge in [-0.1, -0.05) is 158 Å². The molecule has 0 N–H and O–H groups in total. The normalized spacial score (nSPS) is 17.0. The summed E-state index contributed by atoms with van der Waals surface area (Å²) in [4.78, 5) is 28.4. The van der Waals surface area contributed by atoms with E-state index in [-0.39, 0.29) is 11.8 Å². The SMILES string of the molecule is C1=CCCC(c2cc(-c3ccccc3)nc(N3C4=CC=CC(c5nc(-c6ccccc6)nc(-c6ccccc6)n5)C4c4cc(-c5ccccc5)ccc43)n2)=C1. The second-order valence-electron chi connectivity index (χ2n) is 14.0. The quantitative estimate of drug-likeness (QED) is 0.164. The van der Waals surface area contributed by atoms with Crippen LogP contribution >= 0.6 is 0 Å². The van der Waals surface area contributed by atoms with Gasteiger partial charge in [0.05, 0.1) is 17.1 Å². The number of rotatable bonds is 7. The Bertz CT molecular complexity index is 2590. The Morgan fingerprint density at radius 1 is 0.509 bits per heavy atom. The molecule has 2 atom stereocenters. The second-order valence-corrected chi connectivity index (χ2v) is 14.0. The lowest BCUT2D eigenvalue weighted by atomic mass is 9.81. The first-order chi connectivity index (χ1) is 27.3. The zero-order chi connectivity index (χ0) is 36.6. The molecule has 0 saturated heterocycles. The number of allylic oxidation sites excluding steroid dienone is 8. The molecule has 0 saturated carbocycles. The van der Waals surface area contributed by atoms with Crippen molar-refractivity contribution >= 4 is 17.2 Å². The van der Waals surface area contributed by atoms with Gasteiger partial charge in [-0.15, -0.1) is 0 Å². The summed E-state index contributed by atoms with van der Waals surface area (Å²) >= 11 is 0. The van der Waals surface area contributed by atoms with E-state index in [1.54, 1.807) is 0 Å². The molecule has 3 aliphatic rings. The van der Waals surface area contributed by atoms with Crippen LogP contribution < -0.4 is 4.90 Å². The van der Waals surface area contributed by atoms with Gasteiger partial charge in [-0.2, -0.15) is 0 Å². The number of aromatic nitrogens is 5. The van der Waals surface area contributed by atoms with Gasteiger partial charge in [-0.25, -0.2) is 24.9 Å². The van der Waals surface area contributed by atoms with Crippen LogP contribution in [0.2, 0.25) is 0 Å². The van der Waals surface area contributed by atoms with Crippen molar-refractivity contribution in [3.05, 3.63) is 205 Å². The fraction of sp³-hybridized carbons (Fsp3) is 0.0816. The van der Waals surface area contributed by atoms with Crippen LogP contribution in [-0.4, -0.2) is 24.9 Å². The minimum absolute atomic E-state index is 0.109. The van der Waals surface area contributed by atoms with E-state index in [4.69, 9.17) is 24.9 Å². The first-order valence-electron chi connectivity index (χ1n) is 18.8. The maximum Gasteiger partial charge on any atom is 0.235 e. The molecule has 6 heteroatoms. The van der Waals surface area contributed by atoms with Crippen LogP contribution in [0.15, 0.2) is 188 Å². The number of anilines is 2. The highest BCUT2D eigenvalue weighted by Gasteiger charge is 2.43. The van der Waals surface area contributed by atoms with Crippen molar-refractivity contribution in [2.45, 2.75) is 24.7 Å². The molecule has 55 heavy (non-hydrogen) atoms. The summed E-state index contributed by atoms with van der Waals surface area (Å²) in [6.45, 7) is 0. The smallest absolute Gasteiger partial charge is 0.235 e. The Labute approximate surface area is 320 Å². The fourth-order valence-corrected chi connectivity index (χ4v) is 7.90. The molecule has 262 valence electrons. The third-order valence-corrected chi connectivity index (χ3v) is 10.6. The van der Waals surface area contributed by atoms with Crippen LogP contribution in [0.1, 0.15) is 41.8 Å². The van der Waals surface area contributed by atoms with Crippen LogP contribution in [0.4, 0.5) is 11.6 Å². The van der Waals surface area contributed by atoms with Crippen LogP contribution in [0.3, 0.4) is 0 Å². The van der Waals surface area contributed by atoms with E-state index in [0.29, 0.717) is 17.6 Å². The van der Waals surface area contributed by atoms with E-state index in [1.807, 2.05) is 42.5 Å². The van der Waals surface area contributed by atoms with Gasteiger partial charge in [0.2, 0.25) is 5.95 Å². The summed E-state index contributed by atoms with van der Waals surface area (Å²) < 4.78 is 0. The van der Waals surface area contributed by atoms with Gasteiger partial charge in [0.1, 0.15) is 5.82 Å². The average Bonchev–Trinajstić information content (AvgIpc) is 3.61. The lowest BCUT2D eigenvalue weighted by molar-refractivity contribution is 0.660.